The van der Waals surface area contributed by atoms with Crippen molar-refractivity contribution in [3.8, 4) is 0 Å². The Kier molecular flexibility index (Phi) is 5.34. The first-order valence-electron chi connectivity index (χ1n) is 7.98. The maximum Gasteiger partial charge on any atom is -0.00179 e. The average molecular weight is 237 g/mol. The summed E-state index contributed by atoms with van der Waals surface area (Å²) in [6, 6.07) is 0. The standard InChI is InChI=1S/C16H31N/c1-13-7-3-5-9-15(13)11-17-12-16-10-6-4-8-14(16)2/h13-17H,3-12H2,1-2H3/t13-,14-,15-,16-/m0/s1. The fourth-order valence-corrected chi connectivity index (χ4v) is 3.85. The van der Waals surface area contributed by atoms with Crippen LogP contribution in [-0.2, 0) is 0 Å². The Morgan fingerprint density at radius 1 is 0.706 bits per heavy atom. The van der Waals surface area contributed by atoms with E-state index in [4.69, 9.17) is 0 Å². The van der Waals surface area contributed by atoms with Crippen LogP contribution in [0, 0.1) is 23.7 Å². The molecule has 2 fully saturated rings. The molecule has 2 saturated carbocycles. The van der Waals surface area contributed by atoms with Crippen molar-refractivity contribution in [1.82, 2.24) is 5.32 Å². The lowest BCUT2D eigenvalue weighted by atomic mass is 9.79. The van der Waals surface area contributed by atoms with E-state index >= 15 is 0 Å². The molecule has 100 valence electrons. The van der Waals surface area contributed by atoms with Gasteiger partial charge in [-0.25, -0.2) is 0 Å². The van der Waals surface area contributed by atoms with Crippen molar-refractivity contribution in [2.45, 2.75) is 65.2 Å². The van der Waals surface area contributed by atoms with Crippen molar-refractivity contribution in [1.29, 1.82) is 0 Å². The van der Waals surface area contributed by atoms with Crippen LogP contribution in [0.4, 0.5) is 0 Å². The van der Waals surface area contributed by atoms with Crippen molar-refractivity contribution >= 4 is 0 Å². The average Bonchev–Trinajstić information content (AvgIpc) is 2.34. The van der Waals surface area contributed by atoms with E-state index in [0.717, 1.165) is 23.7 Å². The van der Waals surface area contributed by atoms with Gasteiger partial charge in [-0.05, 0) is 49.6 Å². The van der Waals surface area contributed by atoms with Gasteiger partial charge in [0, 0.05) is 0 Å². The summed E-state index contributed by atoms with van der Waals surface area (Å²) >= 11 is 0. The second kappa shape index (κ2) is 6.78. The van der Waals surface area contributed by atoms with E-state index in [-0.39, 0.29) is 0 Å². The molecule has 0 bridgehead atoms. The molecule has 0 aromatic heterocycles. The minimum absolute atomic E-state index is 0.958. The maximum atomic E-state index is 3.79. The van der Waals surface area contributed by atoms with Gasteiger partial charge in [0.15, 0.2) is 0 Å². The highest BCUT2D eigenvalue weighted by Crippen LogP contribution is 2.30. The number of nitrogens with one attached hydrogen (secondary N) is 1. The van der Waals surface area contributed by atoms with E-state index in [1.807, 2.05) is 0 Å². The van der Waals surface area contributed by atoms with Gasteiger partial charge in [-0.2, -0.15) is 0 Å². The lowest BCUT2D eigenvalue weighted by molar-refractivity contribution is 0.217. The molecule has 1 heteroatoms. The summed E-state index contributed by atoms with van der Waals surface area (Å²) in [4.78, 5) is 0. The quantitative estimate of drug-likeness (QED) is 0.771. The van der Waals surface area contributed by atoms with Crippen LogP contribution in [0.25, 0.3) is 0 Å². The Morgan fingerprint density at radius 2 is 1.12 bits per heavy atom. The van der Waals surface area contributed by atoms with E-state index < -0.39 is 0 Å². The molecule has 4 atom stereocenters. The van der Waals surface area contributed by atoms with Gasteiger partial charge in [0.2, 0.25) is 0 Å². The Hall–Kier alpha value is -0.0400. The number of hydrogen-bond donors (Lipinski definition) is 1. The Bertz CT molecular complexity index is 192. The summed E-state index contributed by atoms with van der Waals surface area (Å²) in [6.07, 6.45) is 11.7. The largest absolute Gasteiger partial charge is 0.316 e. The molecule has 2 aliphatic rings. The third-order valence-electron chi connectivity index (χ3n) is 5.39. The fraction of sp³-hybridized carbons (Fsp3) is 1.00. The number of rotatable bonds is 4. The lowest BCUT2D eigenvalue weighted by Crippen LogP contribution is -2.35. The molecule has 17 heavy (non-hydrogen) atoms. The van der Waals surface area contributed by atoms with Crippen LogP contribution in [0.2, 0.25) is 0 Å². The summed E-state index contributed by atoms with van der Waals surface area (Å²) in [6.45, 7) is 7.47. The first-order chi connectivity index (χ1) is 8.27. The van der Waals surface area contributed by atoms with Gasteiger partial charge in [0.05, 0.1) is 0 Å². The second-order valence-corrected chi connectivity index (χ2v) is 6.70. The third-order valence-corrected chi connectivity index (χ3v) is 5.39. The van der Waals surface area contributed by atoms with Crippen molar-refractivity contribution in [2.75, 3.05) is 13.1 Å². The molecule has 2 aliphatic carbocycles. The Balaban J connectivity index is 1.64. The first-order valence-corrected chi connectivity index (χ1v) is 7.98. The van der Waals surface area contributed by atoms with Crippen LogP contribution >= 0.6 is 0 Å². The smallest absolute Gasteiger partial charge is 0.00179 e. The summed E-state index contributed by atoms with van der Waals surface area (Å²) in [5, 5.41) is 3.79. The van der Waals surface area contributed by atoms with Gasteiger partial charge < -0.3 is 5.32 Å². The summed E-state index contributed by atoms with van der Waals surface area (Å²) in [5.41, 5.74) is 0. The summed E-state index contributed by atoms with van der Waals surface area (Å²) < 4.78 is 0. The van der Waals surface area contributed by atoms with Crippen molar-refractivity contribution in [2.24, 2.45) is 23.7 Å². The lowest BCUT2D eigenvalue weighted by Gasteiger charge is -2.32. The van der Waals surface area contributed by atoms with E-state index in [9.17, 15) is 0 Å². The molecule has 0 unspecified atom stereocenters. The molecule has 1 nitrogen and oxygen atoms in total. The van der Waals surface area contributed by atoms with Crippen molar-refractivity contribution in [3.63, 3.8) is 0 Å². The van der Waals surface area contributed by atoms with Crippen LogP contribution in [0.3, 0.4) is 0 Å². The van der Waals surface area contributed by atoms with Crippen molar-refractivity contribution in [3.05, 3.63) is 0 Å². The minimum Gasteiger partial charge on any atom is -0.316 e. The normalized spacial score (nSPS) is 39.2. The topological polar surface area (TPSA) is 12.0 Å². The molecular weight excluding hydrogens is 206 g/mol. The molecule has 0 amide bonds. The predicted octanol–water partition coefficient (Wildman–Crippen LogP) is 4.23. The zero-order chi connectivity index (χ0) is 12.1. The monoisotopic (exact) mass is 237 g/mol. The van der Waals surface area contributed by atoms with Crippen LogP contribution in [0.5, 0.6) is 0 Å². The van der Waals surface area contributed by atoms with Crippen molar-refractivity contribution < 1.29 is 0 Å². The minimum atomic E-state index is 0.958. The maximum absolute atomic E-state index is 3.79. The summed E-state index contributed by atoms with van der Waals surface area (Å²) in [5.74, 6) is 3.84. The molecule has 1 N–H and O–H groups in total. The van der Waals surface area contributed by atoms with Gasteiger partial charge >= 0.3 is 0 Å². The highest BCUT2D eigenvalue weighted by Gasteiger charge is 2.23. The Labute approximate surface area is 108 Å². The molecule has 0 aliphatic heterocycles. The highest BCUT2D eigenvalue weighted by atomic mass is 14.9. The first kappa shape index (κ1) is 13.4. The number of hydrogen-bond acceptors (Lipinski definition) is 1. The van der Waals surface area contributed by atoms with Crippen LogP contribution in [0.1, 0.15) is 65.2 Å². The van der Waals surface area contributed by atoms with Crippen LogP contribution < -0.4 is 5.32 Å². The molecular formula is C16H31N. The molecule has 0 spiro atoms. The van der Waals surface area contributed by atoms with E-state index in [2.05, 4.69) is 19.2 Å². The van der Waals surface area contributed by atoms with E-state index in [1.165, 1.54) is 64.5 Å². The van der Waals surface area contributed by atoms with Gasteiger partial charge in [-0.3, -0.25) is 0 Å². The van der Waals surface area contributed by atoms with E-state index in [1.54, 1.807) is 0 Å². The fourth-order valence-electron chi connectivity index (χ4n) is 3.85. The van der Waals surface area contributed by atoms with Crippen LogP contribution in [0.15, 0.2) is 0 Å². The third kappa shape index (κ3) is 3.98. The second-order valence-electron chi connectivity index (χ2n) is 6.70. The summed E-state index contributed by atoms with van der Waals surface area (Å²) in [7, 11) is 0. The molecule has 0 aromatic rings. The van der Waals surface area contributed by atoms with Gasteiger partial charge in [0.25, 0.3) is 0 Å². The van der Waals surface area contributed by atoms with Gasteiger partial charge in [-0.1, -0.05) is 52.4 Å². The Morgan fingerprint density at radius 3 is 1.53 bits per heavy atom. The molecule has 0 radical (unpaired) electrons. The zero-order valence-corrected chi connectivity index (χ0v) is 11.9. The highest BCUT2D eigenvalue weighted by molar-refractivity contribution is 4.77. The predicted molar refractivity (Wildman–Crippen MR) is 75.1 cm³/mol. The van der Waals surface area contributed by atoms with Gasteiger partial charge in [-0.15, -0.1) is 0 Å². The SMILES string of the molecule is C[C@H]1CCCC[C@H]1CNC[C@@H]1CCCC[C@@H]1C. The van der Waals surface area contributed by atoms with Gasteiger partial charge in [0.1, 0.15) is 0 Å². The van der Waals surface area contributed by atoms with Crippen LogP contribution in [-0.4, -0.2) is 13.1 Å². The molecule has 0 heterocycles. The molecule has 2 rings (SSSR count). The molecule has 0 aromatic carbocycles. The zero-order valence-electron chi connectivity index (χ0n) is 11.9. The molecule has 0 saturated heterocycles. The van der Waals surface area contributed by atoms with E-state index in [0.29, 0.717) is 0 Å².